The highest BCUT2D eigenvalue weighted by Gasteiger charge is 2.16. The lowest BCUT2D eigenvalue weighted by Crippen LogP contribution is -2.43. The van der Waals surface area contributed by atoms with Gasteiger partial charge < -0.3 is 11.1 Å². The Balaban J connectivity index is 0. The van der Waals surface area contributed by atoms with E-state index in [1.165, 1.54) is 0 Å². The molecule has 3 N–H and O–H groups in total. The summed E-state index contributed by atoms with van der Waals surface area (Å²) in [6.45, 7) is 6.93. The van der Waals surface area contributed by atoms with Crippen molar-refractivity contribution in [3.63, 3.8) is 0 Å². The Labute approximate surface area is 103 Å². The van der Waals surface area contributed by atoms with Crippen LogP contribution in [0, 0.1) is 5.41 Å². The summed E-state index contributed by atoms with van der Waals surface area (Å²) in [4.78, 5) is 11.5. The van der Waals surface area contributed by atoms with Crippen molar-refractivity contribution in [2.75, 3.05) is 18.6 Å². The van der Waals surface area contributed by atoms with Crippen LogP contribution in [0.5, 0.6) is 0 Å². The lowest BCUT2D eigenvalue weighted by Gasteiger charge is -2.20. The maximum Gasteiger partial charge on any atom is 0.236 e. The quantitative estimate of drug-likeness (QED) is 0.785. The van der Waals surface area contributed by atoms with E-state index in [1.807, 2.05) is 6.26 Å². The molecule has 0 radical (unpaired) electrons. The van der Waals surface area contributed by atoms with Crippen molar-refractivity contribution in [1.29, 1.82) is 0 Å². The SMILES string of the molecule is CSCC[C@H](N)C(=O)NCC(C)(C)C.Cl. The van der Waals surface area contributed by atoms with Gasteiger partial charge in [0.1, 0.15) is 0 Å². The summed E-state index contributed by atoms with van der Waals surface area (Å²) in [5, 5.41) is 2.86. The van der Waals surface area contributed by atoms with Gasteiger partial charge in [-0.3, -0.25) is 4.79 Å². The van der Waals surface area contributed by atoms with E-state index in [-0.39, 0.29) is 29.8 Å². The van der Waals surface area contributed by atoms with E-state index in [1.54, 1.807) is 11.8 Å². The highest BCUT2D eigenvalue weighted by Crippen LogP contribution is 2.10. The van der Waals surface area contributed by atoms with Crippen LogP contribution in [0.3, 0.4) is 0 Å². The first kappa shape index (κ1) is 17.5. The van der Waals surface area contributed by atoms with E-state index in [9.17, 15) is 4.79 Å². The average Bonchev–Trinajstić information content (AvgIpc) is 2.09. The molecule has 0 saturated carbocycles. The number of thioether (sulfide) groups is 1. The van der Waals surface area contributed by atoms with Crippen molar-refractivity contribution >= 4 is 30.1 Å². The second-order valence-corrected chi connectivity index (χ2v) is 5.65. The lowest BCUT2D eigenvalue weighted by molar-refractivity contribution is -0.122. The van der Waals surface area contributed by atoms with Crippen LogP contribution in [-0.2, 0) is 4.79 Å². The number of hydrogen-bond acceptors (Lipinski definition) is 3. The fraction of sp³-hybridized carbons (Fsp3) is 0.900. The third-order valence-corrected chi connectivity index (χ3v) is 2.41. The van der Waals surface area contributed by atoms with E-state index >= 15 is 0 Å². The molecule has 5 heteroatoms. The normalized spacial score (nSPS) is 12.9. The van der Waals surface area contributed by atoms with Gasteiger partial charge in [0.25, 0.3) is 0 Å². The van der Waals surface area contributed by atoms with Gasteiger partial charge in [0.15, 0.2) is 0 Å². The predicted molar refractivity (Wildman–Crippen MR) is 70.7 cm³/mol. The van der Waals surface area contributed by atoms with Crippen molar-refractivity contribution in [1.82, 2.24) is 5.32 Å². The summed E-state index contributed by atoms with van der Waals surface area (Å²) in [5.41, 5.74) is 5.83. The molecule has 0 aromatic carbocycles. The lowest BCUT2D eigenvalue weighted by atomic mass is 9.97. The second-order valence-electron chi connectivity index (χ2n) is 4.67. The Morgan fingerprint density at radius 1 is 1.47 bits per heavy atom. The Hall–Kier alpha value is 0.0700. The van der Waals surface area contributed by atoms with Crippen LogP contribution in [0.25, 0.3) is 0 Å². The Morgan fingerprint density at radius 3 is 2.40 bits per heavy atom. The first-order chi connectivity index (χ1) is 6.37. The molecule has 3 nitrogen and oxygen atoms in total. The molecule has 1 amide bonds. The van der Waals surface area contributed by atoms with E-state index < -0.39 is 0 Å². The smallest absolute Gasteiger partial charge is 0.236 e. The second kappa shape index (κ2) is 8.25. The number of rotatable bonds is 5. The fourth-order valence-electron chi connectivity index (χ4n) is 0.859. The zero-order valence-electron chi connectivity index (χ0n) is 10.0. The minimum atomic E-state index is -0.357. The van der Waals surface area contributed by atoms with Crippen LogP contribution in [0.15, 0.2) is 0 Å². The molecule has 0 spiro atoms. The van der Waals surface area contributed by atoms with Crippen LogP contribution in [0.4, 0.5) is 0 Å². The van der Waals surface area contributed by atoms with Gasteiger partial charge in [0.2, 0.25) is 5.91 Å². The standard InChI is InChI=1S/C10H22N2OS.ClH/c1-10(2,3)7-12-9(13)8(11)5-6-14-4;/h8H,5-7,11H2,1-4H3,(H,12,13);1H/t8-;/m0./s1. The summed E-state index contributed by atoms with van der Waals surface area (Å²) >= 11 is 1.71. The van der Waals surface area contributed by atoms with Crippen LogP contribution in [-0.4, -0.2) is 30.5 Å². The molecule has 0 saturated heterocycles. The zero-order chi connectivity index (χ0) is 11.2. The number of carbonyl (C=O) groups is 1. The first-order valence-electron chi connectivity index (χ1n) is 4.89. The van der Waals surface area contributed by atoms with Crippen LogP contribution >= 0.6 is 24.2 Å². The van der Waals surface area contributed by atoms with Gasteiger partial charge >= 0.3 is 0 Å². The predicted octanol–water partition coefficient (Wildman–Crippen LogP) is 1.65. The van der Waals surface area contributed by atoms with Gasteiger partial charge in [-0.1, -0.05) is 20.8 Å². The van der Waals surface area contributed by atoms with E-state index in [2.05, 4.69) is 26.1 Å². The molecule has 0 aromatic heterocycles. The summed E-state index contributed by atoms with van der Waals surface area (Å²) in [7, 11) is 0. The number of nitrogens with one attached hydrogen (secondary N) is 1. The van der Waals surface area contributed by atoms with Crippen LogP contribution in [0.1, 0.15) is 27.2 Å². The number of amides is 1. The van der Waals surface area contributed by atoms with E-state index in [0.717, 1.165) is 12.2 Å². The van der Waals surface area contributed by atoms with Crippen LogP contribution < -0.4 is 11.1 Å². The van der Waals surface area contributed by atoms with Gasteiger partial charge in [-0.2, -0.15) is 11.8 Å². The summed E-state index contributed by atoms with van der Waals surface area (Å²) in [6.07, 6.45) is 2.76. The summed E-state index contributed by atoms with van der Waals surface area (Å²) in [6, 6.07) is -0.357. The molecule has 0 aromatic rings. The number of carbonyl (C=O) groups excluding carboxylic acids is 1. The third-order valence-electron chi connectivity index (χ3n) is 1.76. The van der Waals surface area contributed by atoms with Crippen molar-refractivity contribution in [3.8, 4) is 0 Å². The van der Waals surface area contributed by atoms with Gasteiger partial charge in [-0.05, 0) is 23.8 Å². The summed E-state index contributed by atoms with van der Waals surface area (Å²) < 4.78 is 0. The van der Waals surface area contributed by atoms with E-state index in [0.29, 0.717) is 6.54 Å². The van der Waals surface area contributed by atoms with Crippen molar-refractivity contribution in [2.45, 2.75) is 33.2 Å². The van der Waals surface area contributed by atoms with Gasteiger partial charge in [0.05, 0.1) is 6.04 Å². The largest absolute Gasteiger partial charge is 0.354 e. The Bertz CT molecular complexity index is 183. The number of halogens is 1. The molecule has 0 aliphatic heterocycles. The highest BCUT2D eigenvalue weighted by molar-refractivity contribution is 7.98. The molecular weight excluding hydrogens is 232 g/mol. The highest BCUT2D eigenvalue weighted by atomic mass is 35.5. The van der Waals surface area contributed by atoms with Gasteiger partial charge in [0, 0.05) is 6.54 Å². The number of nitrogens with two attached hydrogens (primary N) is 1. The number of hydrogen-bond donors (Lipinski definition) is 2. The van der Waals surface area contributed by atoms with E-state index in [4.69, 9.17) is 5.73 Å². The molecule has 0 heterocycles. The molecule has 15 heavy (non-hydrogen) atoms. The molecular formula is C10H23ClN2OS. The van der Waals surface area contributed by atoms with Crippen molar-refractivity contribution in [3.05, 3.63) is 0 Å². The maximum absolute atomic E-state index is 11.5. The van der Waals surface area contributed by atoms with Crippen molar-refractivity contribution < 1.29 is 4.79 Å². The van der Waals surface area contributed by atoms with Gasteiger partial charge in [-0.15, -0.1) is 12.4 Å². The molecule has 0 aliphatic rings. The monoisotopic (exact) mass is 254 g/mol. The third kappa shape index (κ3) is 10.4. The molecule has 0 rings (SSSR count). The minimum absolute atomic E-state index is 0. The molecule has 1 atom stereocenters. The van der Waals surface area contributed by atoms with Gasteiger partial charge in [-0.25, -0.2) is 0 Å². The Kier molecular flexibility index (Phi) is 9.60. The molecule has 0 aliphatic carbocycles. The first-order valence-corrected chi connectivity index (χ1v) is 6.28. The molecule has 0 unspecified atom stereocenters. The zero-order valence-corrected chi connectivity index (χ0v) is 11.6. The molecule has 92 valence electrons. The molecule has 0 bridgehead atoms. The maximum atomic E-state index is 11.5. The average molecular weight is 255 g/mol. The molecule has 0 fully saturated rings. The topological polar surface area (TPSA) is 55.1 Å². The van der Waals surface area contributed by atoms with Crippen LogP contribution in [0.2, 0.25) is 0 Å². The minimum Gasteiger partial charge on any atom is -0.354 e. The Morgan fingerprint density at radius 2 is 2.00 bits per heavy atom. The fourth-order valence-corrected chi connectivity index (χ4v) is 1.35. The van der Waals surface area contributed by atoms with Crippen molar-refractivity contribution in [2.24, 2.45) is 11.1 Å². The summed E-state index contributed by atoms with van der Waals surface area (Å²) in [5.74, 6) is 0.901.